The van der Waals surface area contributed by atoms with E-state index in [0.717, 1.165) is 0 Å². The number of ether oxygens (including phenoxy) is 3. The van der Waals surface area contributed by atoms with Gasteiger partial charge in [-0.15, -0.1) is 0 Å². The minimum atomic E-state index is -2.59. The second kappa shape index (κ2) is 8.82. The molecule has 3 aromatic rings. The molecule has 5 rings (SSSR count). The maximum Gasteiger partial charge on any atom is 0.151 e. The second-order valence-electron chi connectivity index (χ2n) is 8.27. The van der Waals surface area contributed by atoms with Gasteiger partial charge in [-0.1, -0.05) is 11.6 Å². The summed E-state index contributed by atoms with van der Waals surface area (Å²) in [5.74, 6) is 3.51. The number of nitrogens with zero attached hydrogens (tertiary/aromatic N) is 2. The zero-order valence-electron chi connectivity index (χ0n) is 18.0. The van der Waals surface area contributed by atoms with E-state index >= 15 is 4.39 Å². The maximum absolute atomic E-state index is 15.1. The quantitative estimate of drug-likeness (QED) is 0.435. The van der Waals surface area contributed by atoms with E-state index in [4.69, 9.17) is 25.8 Å². The molecule has 5 unspecified atom stereocenters. The van der Waals surface area contributed by atoms with Crippen LogP contribution in [0.25, 0.3) is 10.9 Å². The van der Waals surface area contributed by atoms with Crippen molar-refractivity contribution in [1.29, 1.82) is 0 Å². The van der Waals surface area contributed by atoms with Gasteiger partial charge >= 0.3 is 0 Å². The van der Waals surface area contributed by atoms with Crippen LogP contribution in [0.15, 0.2) is 36.7 Å². The summed E-state index contributed by atoms with van der Waals surface area (Å²) < 4.78 is 47.1. The van der Waals surface area contributed by atoms with Crippen LogP contribution in [0.2, 0.25) is 5.02 Å². The first kappa shape index (κ1) is 23.1. The molecule has 3 N–H and O–H groups in total. The minimum Gasteiger partial charge on any atom is -0.483 e. The highest BCUT2D eigenvalue weighted by atomic mass is 35.5. The Morgan fingerprint density at radius 3 is 2.82 bits per heavy atom. The highest BCUT2D eigenvalue weighted by Crippen LogP contribution is 2.37. The fourth-order valence-electron chi connectivity index (χ4n) is 4.08. The van der Waals surface area contributed by atoms with E-state index in [0.29, 0.717) is 27.7 Å². The van der Waals surface area contributed by atoms with Crippen molar-refractivity contribution >= 4 is 55.3 Å². The first-order valence-electron chi connectivity index (χ1n) is 10.4. The third kappa shape index (κ3) is 4.62. The van der Waals surface area contributed by atoms with E-state index in [1.54, 1.807) is 24.3 Å². The fraction of sp³-hybridized carbons (Fsp3) is 0.318. The third-order valence-corrected chi connectivity index (χ3v) is 6.38. The largest absolute Gasteiger partial charge is 0.483 e. The Bertz CT molecular complexity index is 1360. The van der Waals surface area contributed by atoms with Crippen molar-refractivity contribution in [2.45, 2.75) is 24.4 Å². The molecule has 1 aromatic heterocycles. The second-order valence-corrected chi connectivity index (χ2v) is 10.9. The lowest BCUT2D eigenvalue weighted by atomic mass is 10.1. The molecule has 0 amide bonds. The Balaban J connectivity index is 1.46. The highest BCUT2D eigenvalue weighted by molar-refractivity contribution is 8.00. The first-order chi connectivity index (χ1) is 16.2. The number of nitrogens with one attached hydrogen (secondary N) is 2. The Kier molecular flexibility index (Phi) is 5.98. The van der Waals surface area contributed by atoms with Crippen molar-refractivity contribution in [3.63, 3.8) is 0 Å². The Hall–Kier alpha value is -2.70. The Labute approximate surface area is 200 Å². The number of aliphatic hydroxyl groups is 1. The lowest BCUT2D eigenvalue weighted by Gasteiger charge is -2.21. The number of hydrogen-bond acceptors (Lipinski definition) is 8. The molecular weight excluding hydrogens is 487 g/mol. The van der Waals surface area contributed by atoms with Crippen LogP contribution in [0.3, 0.4) is 0 Å². The summed E-state index contributed by atoms with van der Waals surface area (Å²) in [6.45, 7) is 0.423. The highest BCUT2D eigenvalue weighted by Gasteiger charge is 2.48. The molecule has 0 aliphatic carbocycles. The molecule has 0 saturated carbocycles. The molecule has 9 nitrogen and oxygen atoms in total. The smallest absolute Gasteiger partial charge is 0.151 e. The predicted molar refractivity (Wildman–Crippen MR) is 129 cm³/mol. The molecule has 0 radical (unpaired) electrons. The van der Waals surface area contributed by atoms with E-state index in [1.165, 1.54) is 18.6 Å². The van der Waals surface area contributed by atoms with Crippen molar-refractivity contribution in [1.82, 2.24) is 9.97 Å². The van der Waals surface area contributed by atoms with Crippen LogP contribution in [0.4, 0.5) is 21.6 Å². The predicted octanol–water partition coefficient (Wildman–Crippen LogP) is 2.74. The summed E-state index contributed by atoms with van der Waals surface area (Å²) >= 11 is 6.20. The molecular formula is C22H22ClFN4O5S. The molecule has 0 spiro atoms. The van der Waals surface area contributed by atoms with Gasteiger partial charge in [0.25, 0.3) is 0 Å². The van der Waals surface area contributed by atoms with Crippen molar-refractivity contribution in [2.75, 3.05) is 29.5 Å². The summed E-state index contributed by atoms with van der Waals surface area (Å²) in [5, 5.41) is 13.7. The number of aromatic nitrogens is 2. The lowest BCUT2D eigenvalue weighted by Crippen LogP contribution is -2.34. The number of benzene rings is 2. The SMILES string of the molecule is C=S(C)(=O)Nc1cc(F)c2c(Nc3ccc(Cl)cc3OC3COC4C(O)COC34)ncnc2c1. The van der Waals surface area contributed by atoms with Gasteiger partial charge in [-0.3, -0.25) is 0 Å². The van der Waals surface area contributed by atoms with Gasteiger partial charge in [-0.05, 0) is 30.1 Å². The molecule has 2 aromatic carbocycles. The lowest BCUT2D eigenvalue weighted by molar-refractivity contribution is 0.00876. The van der Waals surface area contributed by atoms with Crippen LogP contribution in [0, 0.1) is 5.82 Å². The average molecular weight is 509 g/mol. The van der Waals surface area contributed by atoms with Gasteiger partial charge in [0.05, 0.1) is 35.5 Å². The van der Waals surface area contributed by atoms with E-state index < -0.39 is 39.9 Å². The molecule has 2 fully saturated rings. The topological polar surface area (TPSA) is 115 Å². The van der Waals surface area contributed by atoms with E-state index in [1.807, 2.05) is 0 Å². The van der Waals surface area contributed by atoms with Gasteiger partial charge < -0.3 is 29.4 Å². The van der Waals surface area contributed by atoms with Crippen LogP contribution in [-0.2, 0) is 19.2 Å². The minimum absolute atomic E-state index is 0.145. The Morgan fingerprint density at radius 2 is 2.03 bits per heavy atom. The van der Waals surface area contributed by atoms with Gasteiger partial charge in [-0.25, -0.2) is 18.6 Å². The van der Waals surface area contributed by atoms with E-state index in [9.17, 15) is 9.32 Å². The van der Waals surface area contributed by atoms with Gasteiger partial charge in [0.15, 0.2) is 6.10 Å². The normalized spacial score (nSPS) is 25.6. The van der Waals surface area contributed by atoms with Crippen LogP contribution < -0.4 is 14.8 Å². The summed E-state index contributed by atoms with van der Waals surface area (Å²) in [6, 6.07) is 7.75. The summed E-state index contributed by atoms with van der Waals surface area (Å²) in [5.41, 5.74) is 1.09. The summed E-state index contributed by atoms with van der Waals surface area (Å²) in [6.07, 6.45) is 0.696. The van der Waals surface area contributed by atoms with Crippen molar-refractivity contribution in [3.8, 4) is 5.75 Å². The zero-order chi connectivity index (χ0) is 24.0. The Morgan fingerprint density at radius 1 is 1.24 bits per heavy atom. The fourth-order valence-corrected chi connectivity index (χ4v) is 4.86. The molecule has 34 heavy (non-hydrogen) atoms. The molecule has 3 heterocycles. The van der Waals surface area contributed by atoms with Gasteiger partial charge in [0.2, 0.25) is 0 Å². The van der Waals surface area contributed by atoms with E-state index in [-0.39, 0.29) is 24.4 Å². The summed E-state index contributed by atoms with van der Waals surface area (Å²) in [4.78, 5) is 8.35. The number of fused-ring (bicyclic) bond motifs is 2. The van der Waals surface area contributed by atoms with Crippen molar-refractivity contribution in [2.24, 2.45) is 0 Å². The van der Waals surface area contributed by atoms with E-state index in [2.05, 4.69) is 25.9 Å². The van der Waals surface area contributed by atoms with Crippen LogP contribution in [0.1, 0.15) is 0 Å². The number of aliphatic hydroxyl groups excluding tert-OH is 1. The maximum atomic E-state index is 15.1. The first-order valence-corrected chi connectivity index (χ1v) is 12.9. The molecule has 2 aliphatic rings. The zero-order valence-corrected chi connectivity index (χ0v) is 19.6. The van der Waals surface area contributed by atoms with Gasteiger partial charge in [0, 0.05) is 27.1 Å². The number of anilines is 3. The van der Waals surface area contributed by atoms with Crippen molar-refractivity contribution in [3.05, 3.63) is 47.5 Å². The van der Waals surface area contributed by atoms with Crippen LogP contribution in [0.5, 0.6) is 5.75 Å². The molecule has 2 aliphatic heterocycles. The average Bonchev–Trinajstić information content (AvgIpc) is 3.32. The van der Waals surface area contributed by atoms with Gasteiger partial charge in [-0.2, -0.15) is 0 Å². The number of halogens is 2. The van der Waals surface area contributed by atoms with Crippen molar-refractivity contribution < 1.29 is 27.9 Å². The molecule has 0 bridgehead atoms. The number of rotatable bonds is 6. The monoisotopic (exact) mass is 508 g/mol. The molecule has 12 heteroatoms. The molecule has 2 saturated heterocycles. The summed E-state index contributed by atoms with van der Waals surface area (Å²) in [7, 11) is -2.59. The van der Waals surface area contributed by atoms with Crippen LogP contribution in [-0.4, -0.2) is 69.0 Å². The van der Waals surface area contributed by atoms with Gasteiger partial charge in [0.1, 0.15) is 42.0 Å². The molecule has 180 valence electrons. The number of hydrogen-bond donors (Lipinski definition) is 3. The third-order valence-electron chi connectivity index (χ3n) is 5.48. The molecule has 5 atom stereocenters. The van der Waals surface area contributed by atoms with Crippen LogP contribution >= 0.6 is 11.6 Å². The standard InChI is InChI=1S/C22H22ClFN4O5S/c1-34(2,30)28-12-6-13(24)19-15(7-12)25-10-26-22(19)27-14-4-3-11(23)5-17(14)33-18-9-32-20-16(29)8-31-21(18)20/h3-7,10,16,18,20-21,29H,1,8-9H2,2H3,(H,28,30)(H,25,26,27).